The summed E-state index contributed by atoms with van der Waals surface area (Å²) >= 11 is 1.75. The van der Waals surface area contributed by atoms with E-state index in [0.717, 1.165) is 17.7 Å². The van der Waals surface area contributed by atoms with E-state index in [9.17, 15) is 0 Å². The fourth-order valence-electron chi connectivity index (χ4n) is 3.99. The molecule has 1 aliphatic rings. The van der Waals surface area contributed by atoms with Gasteiger partial charge in [0.15, 0.2) is 0 Å². The van der Waals surface area contributed by atoms with Gasteiger partial charge in [0.25, 0.3) is 0 Å². The molecule has 0 saturated heterocycles. The Kier molecular flexibility index (Phi) is 3.99. The third-order valence-corrected chi connectivity index (χ3v) is 6.20. The molecule has 3 nitrogen and oxygen atoms in total. The Morgan fingerprint density at radius 1 is 1.15 bits per heavy atom. The van der Waals surface area contributed by atoms with E-state index in [1.807, 2.05) is 6.07 Å². The highest BCUT2D eigenvalue weighted by Gasteiger charge is 2.28. The van der Waals surface area contributed by atoms with Crippen LogP contribution in [0.3, 0.4) is 0 Å². The molecule has 5 heteroatoms. The standard InChI is InChI=1S/C22H18FN3S/c1-26-11-18(15-3-2-14-7-9-27-21(14)10-15)16-4-5-17(22(23)19(16)12-26)20-6-8-24-13-25-20/h2-10,13,18H,11-12H2,1H3. The Labute approximate surface area is 161 Å². The number of likely N-dealkylation sites (N-methyl/N-ethyl adjacent to an activating group) is 1. The van der Waals surface area contributed by atoms with Crippen LogP contribution in [0, 0.1) is 5.82 Å². The number of halogens is 1. The Bertz CT molecular complexity index is 1120. The van der Waals surface area contributed by atoms with E-state index in [2.05, 4.69) is 57.6 Å². The second-order valence-electron chi connectivity index (χ2n) is 7.06. The zero-order valence-corrected chi connectivity index (χ0v) is 15.7. The summed E-state index contributed by atoms with van der Waals surface area (Å²) in [5, 5.41) is 3.38. The first-order valence-electron chi connectivity index (χ1n) is 8.94. The molecule has 3 heterocycles. The van der Waals surface area contributed by atoms with E-state index in [1.165, 1.54) is 22.0 Å². The molecular weight excluding hydrogens is 357 g/mol. The summed E-state index contributed by atoms with van der Waals surface area (Å²) < 4.78 is 16.7. The number of benzene rings is 2. The maximum absolute atomic E-state index is 15.4. The topological polar surface area (TPSA) is 29.0 Å². The fourth-order valence-corrected chi connectivity index (χ4v) is 4.83. The van der Waals surface area contributed by atoms with Gasteiger partial charge in [-0.2, -0.15) is 0 Å². The quantitative estimate of drug-likeness (QED) is 0.489. The Morgan fingerprint density at radius 2 is 2.07 bits per heavy atom. The van der Waals surface area contributed by atoms with Crippen LogP contribution in [0.15, 0.2) is 60.4 Å². The maximum Gasteiger partial charge on any atom is 0.137 e. The molecule has 4 aromatic rings. The van der Waals surface area contributed by atoms with Crippen LogP contribution in [0.1, 0.15) is 22.6 Å². The molecule has 0 saturated carbocycles. The first kappa shape index (κ1) is 16.5. The normalized spacial score (nSPS) is 17.2. The van der Waals surface area contributed by atoms with Crippen molar-refractivity contribution in [3.63, 3.8) is 0 Å². The molecule has 1 unspecified atom stereocenters. The van der Waals surface area contributed by atoms with Gasteiger partial charge in [0.2, 0.25) is 0 Å². The minimum Gasteiger partial charge on any atom is -0.301 e. The van der Waals surface area contributed by atoms with Crippen LogP contribution >= 0.6 is 11.3 Å². The van der Waals surface area contributed by atoms with Gasteiger partial charge >= 0.3 is 0 Å². The summed E-state index contributed by atoms with van der Waals surface area (Å²) in [5.41, 5.74) is 4.26. The van der Waals surface area contributed by atoms with Crippen LogP contribution in [-0.4, -0.2) is 28.5 Å². The van der Waals surface area contributed by atoms with Crippen LogP contribution in [-0.2, 0) is 6.54 Å². The molecule has 27 heavy (non-hydrogen) atoms. The van der Waals surface area contributed by atoms with Gasteiger partial charge < -0.3 is 4.90 Å². The summed E-state index contributed by atoms with van der Waals surface area (Å²) in [6.45, 7) is 1.49. The molecule has 5 rings (SSSR count). The predicted octanol–water partition coefficient (Wildman–Crippen LogP) is 5.07. The third-order valence-electron chi connectivity index (χ3n) is 5.32. The van der Waals surface area contributed by atoms with Crippen molar-refractivity contribution in [2.24, 2.45) is 0 Å². The highest BCUT2D eigenvalue weighted by molar-refractivity contribution is 7.17. The minimum atomic E-state index is -0.167. The van der Waals surface area contributed by atoms with Gasteiger partial charge in [0, 0.05) is 41.0 Å². The van der Waals surface area contributed by atoms with E-state index >= 15 is 4.39 Å². The number of rotatable bonds is 2. The van der Waals surface area contributed by atoms with E-state index in [4.69, 9.17) is 0 Å². The van der Waals surface area contributed by atoms with Crippen LogP contribution in [0.4, 0.5) is 4.39 Å². The second kappa shape index (κ2) is 6.51. The van der Waals surface area contributed by atoms with Gasteiger partial charge in [-0.3, -0.25) is 0 Å². The summed E-state index contributed by atoms with van der Waals surface area (Å²) in [6, 6.07) is 14.4. The number of fused-ring (bicyclic) bond motifs is 2. The lowest BCUT2D eigenvalue weighted by atomic mass is 9.83. The van der Waals surface area contributed by atoms with Crippen molar-refractivity contribution in [2.45, 2.75) is 12.5 Å². The zero-order chi connectivity index (χ0) is 18.4. The smallest absolute Gasteiger partial charge is 0.137 e. The maximum atomic E-state index is 15.4. The Morgan fingerprint density at radius 3 is 2.93 bits per heavy atom. The van der Waals surface area contributed by atoms with Crippen LogP contribution in [0.25, 0.3) is 21.3 Å². The van der Waals surface area contributed by atoms with Crippen molar-refractivity contribution in [1.29, 1.82) is 0 Å². The summed E-state index contributed by atoms with van der Waals surface area (Å²) in [7, 11) is 2.05. The lowest BCUT2D eigenvalue weighted by Crippen LogP contribution is -2.31. The van der Waals surface area contributed by atoms with Crippen LogP contribution < -0.4 is 0 Å². The molecule has 2 aromatic heterocycles. The number of nitrogens with zero attached hydrogens (tertiary/aromatic N) is 3. The lowest BCUT2D eigenvalue weighted by molar-refractivity contribution is 0.289. The molecule has 0 spiro atoms. The lowest BCUT2D eigenvalue weighted by Gasteiger charge is -2.33. The van der Waals surface area contributed by atoms with E-state index < -0.39 is 0 Å². The molecule has 134 valence electrons. The van der Waals surface area contributed by atoms with Gasteiger partial charge in [-0.05, 0) is 53.2 Å². The third kappa shape index (κ3) is 2.83. The number of hydrogen-bond donors (Lipinski definition) is 0. The highest BCUT2D eigenvalue weighted by Crippen LogP contribution is 2.38. The average Bonchev–Trinajstić information content (AvgIpc) is 3.17. The van der Waals surface area contributed by atoms with Crippen molar-refractivity contribution in [3.8, 4) is 11.3 Å². The Hall–Kier alpha value is -2.63. The molecule has 1 atom stereocenters. The SMILES string of the molecule is CN1Cc2c(ccc(-c3ccncn3)c2F)C(c2ccc3ccsc3c2)C1. The molecule has 2 aromatic carbocycles. The second-order valence-corrected chi connectivity index (χ2v) is 8.00. The molecule has 0 radical (unpaired) electrons. The molecule has 0 bridgehead atoms. The number of thiophene rings is 1. The molecule has 0 aliphatic carbocycles. The van der Waals surface area contributed by atoms with Gasteiger partial charge in [-0.25, -0.2) is 14.4 Å². The van der Waals surface area contributed by atoms with Crippen molar-refractivity contribution >= 4 is 21.4 Å². The molecule has 1 aliphatic heterocycles. The van der Waals surface area contributed by atoms with E-state index in [-0.39, 0.29) is 11.7 Å². The van der Waals surface area contributed by atoms with Gasteiger partial charge in [-0.15, -0.1) is 11.3 Å². The first-order valence-corrected chi connectivity index (χ1v) is 9.82. The predicted molar refractivity (Wildman–Crippen MR) is 107 cm³/mol. The highest BCUT2D eigenvalue weighted by atomic mass is 32.1. The van der Waals surface area contributed by atoms with E-state index in [0.29, 0.717) is 17.8 Å². The van der Waals surface area contributed by atoms with Gasteiger partial charge in [0.1, 0.15) is 12.1 Å². The Balaban J connectivity index is 1.64. The number of hydrogen-bond acceptors (Lipinski definition) is 4. The first-order chi connectivity index (χ1) is 13.2. The summed E-state index contributed by atoms with van der Waals surface area (Å²) in [5.74, 6) is -0.000786. The van der Waals surface area contributed by atoms with Crippen LogP contribution in [0.5, 0.6) is 0 Å². The minimum absolute atomic E-state index is 0.166. The average molecular weight is 375 g/mol. The molecule has 0 N–H and O–H groups in total. The van der Waals surface area contributed by atoms with Crippen molar-refractivity contribution in [2.75, 3.05) is 13.6 Å². The monoisotopic (exact) mass is 375 g/mol. The zero-order valence-electron chi connectivity index (χ0n) is 14.9. The van der Waals surface area contributed by atoms with Crippen molar-refractivity contribution < 1.29 is 4.39 Å². The summed E-state index contributed by atoms with van der Waals surface area (Å²) in [4.78, 5) is 10.3. The molecule has 0 fully saturated rings. The van der Waals surface area contributed by atoms with Crippen LogP contribution in [0.2, 0.25) is 0 Å². The largest absolute Gasteiger partial charge is 0.301 e. The summed E-state index contributed by atoms with van der Waals surface area (Å²) in [6.07, 6.45) is 3.10. The van der Waals surface area contributed by atoms with E-state index in [1.54, 1.807) is 23.6 Å². The fraction of sp³-hybridized carbons (Fsp3) is 0.182. The molecular formula is C22H18FN3S. The number of aromatic nitrogens is 2. The van der Waals surface area contributed by atoms with Crippen molar-refractivity contribution in [3.05, 3.63) is 82.9 Å². The van der Waals surface area contributed by atoms with Crippen molar-refractivity contribution in [1.82, 2.24) is 14.9 Å². The van der Waals surface area contributed by atoms with Gasteiger partial charge in [-0.1, -0.05) is 18.2 Å². The molecule has 0 amide bonds. The van der Waals surface area contributed by atoms with Gasteiger partial charge in [0.05, 0.1) is 5.69 Å².